The third-order valence-electron chi connectivity index (χ3n) is 10.00. The summed E-state index contributed by atoms with van der Waals surface area (Å²) in [5, 5.41) is 0.161. The minimum absolute atomic E-state index is 0.00801. The number of benzene rings is 1. The van der Waals surface area contributed by atoms with Crippen LogP contribution in [0.4, 0.5) is 0 Å². The van der Waals surface area contributed by atoms with Gasteiger partial charge in [-0.3, -0.25) is 0 Å². The molecule has 1 aliphatic heterocycles. The average Bonchev–Trinajstić information content (AvgIpc) is 3.30. The molecule has 11 heteroatoms. The van der Waals surface area contributed by atoms with Crippen LogP contribution in [0, 0.1) is 11.8 Å². The topological polar surface area (TPSA) is 81.7 Å². The monoisotopic (exact) mass is 778 g/mol. The van der Waals surface area contributed by atoms with Gasteiger partial charge in [-0.15, -0.1) is 0 Å². The van der Waals surface area contributed by atoms with Crippen LogP contribution in [0.1, 0.15) is 77.7 Å². The maximum Gasteiger partial charge on any atom is 0.342 e. The van der Waals surface area contributed by atoms with Crippen LogP contribution in [0.5, 0.6) is 11.5 Å². The fourth-order valence-electron chi connectivity index (χ4n) is 5.46. The third-order valence-corrected chi connectivity index (χ3v) is 18.0. The summed E-state index contributed by atoms with van der Waals surface area (Å²) in [6.45, 7) is 36.7. The number of hydrogen-bond donors (Lipinski definition) is 0. The number of carbonyl (C=O) groups excluding carboxylic acids is 1. The zero-order chi connectivity index (χ0) is 39.7. The van der Waals surface area contributed by atoms with Crippen molar-refractivity contribution in [2.24, 2.45) is 11.8 Å². The summed E-state index contributed by atoms with van der Waals surface area (Å²) in [5.41, 5.74) is 1.03. The Balaban J connectivity index is 2.37. The van der Waals surface area contributed by atoms with E-state index < -0.39 is 36.2 Å². The van der Waals surface area contributed by atoms with Gasteiger partial charge in [0.15, 0.2) is 20.9 Å². The first-order valence-electron chi connectivity index (χ1n) is 19.2. The Morgan fingerprint density at radius 1 is 0.904 bits per heavy atom. The quantitative estimate of drug-likeness (QED) is 0.0560. The van der Waals surface area contributed by atoms with Gasteiger partial charge in [0, 0.05) is 41.3 Å². The number of methoxy groups -OCH3 is 1. The van der Waals surface area contributed by atoms with Crippen LogP contribution < -0.4 is 9.47 Å². The second-order valence-corrected chi connectivity index (χ2v) is 35.0. The summed E-state index contributed by atoms with van der Waals surface area (Å²) in [4.78, 5) is 13.7. The molecule has 1 saturated heterocycles. The average molecular weight is 779 g/mol. The minimum Gasteiger partial charge on any atom is -0.494 e. The lowest BCUT2D eigenvalue weighted by molar-refractivity contribution is -0.148. The summed E-state index contributed by atoms with van der Waals surface area (Å²) >= 11 is 0. The number of ether oxygens (including phenoxy) is 6. The smallest absolute Gasteiger partial charge is 0.342 e. The van der Waals surface area contributed by atoms with Crippen molar-refractivity contribution in [2.45, 2.75) is 155 Å². The lowest BCUT2D eigenvalue weighted by atomic mass is 9.94. The predicted molar refractivity (Wildman–Crippen MR) is 224 cm³/mol. The maximum absolute atomic E-state index is 13.7. The number of rotatable bonds is 20. The van der Waals surface area contributed by atoms with Crippen LogP contribution in [-0.2, 0) is 23.4 Å². The molecule has 2 rings (SSSR count). The van der Waals surface area contributed by atoms with Gasteiger partial charge in [-0.05, 0) is 75.0 Å². The fourth-order valence-corrected chi connectivity index (χ4v) is 8.39. The third kappa shape index (κ3) is 15.5. The highest BCUT2D eigenvalue weighted by molar-refractivity contribution is 6.76. The summed E-state index contributed by atoms with van der Waals surface area (Å²) in [7, 11) is -3.04. The van der Waals surface area contributed by atoms with Gasteiger partial charge in [-0.1, -0.05) is 98.2 Å². The van der Waals surface area contributed by atoms with Crippen LogP contribution in [-0.4, -0.2) is 81.6 Å². The molecular weight excluding hydrogens is 705 g/mol. The van der Waals surface area contributed by atoms with Crippen LogP contribution >= 0.6 is 0 Å². The van der Waals surface area contributed by atoms with Gasteiger partial charge in [0.2, 0.25) is 0 Å². The Labute approximate surface area is 320 Å². The fraction of sp³-hybridized carbons (Fsp3) is 0.732. The molecule has 298 valence electrons. The maximum atomic E-state index is 13.7. The molecule has 0 amide bonds. The van der Waals surface area contributed by atoms with Gasteiger partial charge < -0.3 is 32.8 Å². The molecule has 1 heterocycles. The largest absolute Gasteiger partial charge is 0.494 e. The van der Waals surface area contributed by atoms with Gasteiger partial charge in [0.25, 0.3) is 0 Å². The Hall–Kier alpha value is -1.74. The van der Waals surface area contributed by atoms with E-state index in [9.17, 15) is 4.79 Å². The lowest BCUT2D eigenvalue weighted by Gasteiger charge is -2.39. The normalized spacial score (nSPS) is 20.3. The Morgan fingerprint density at radius 3 is 2.10 bits per heavy atom. The molecule has 1 unspecified atom stereocenters. The molecule has 0 saturated carbocycles. The van der Waals surface area contributed by atoms with E-state index in [-0.39, 0.29) is 42.0 Å². The summed E-state index contributed by atoms with van der Waals surface area (Å²) in [6.07, 6.45) is 8.88. The van der Waals surface area contributed by atoms with E-state index in [1.54, 1.807) is 13.2 Å². The second kappa shape index (κ2) is 19.2. The highest BCUT2D eigenvalue weighted by atomic mass is 28.4. The van der Waals surface area contributed by atoms with E-state index >= 15 is 0 Å². The van der Waals surface area contributed by atoms with Crippen molar-refractivity contribution in [3.05, 3.63) is 41.5 Å². The molecular formula is C41H74O8Si3. The molecule has 0 aliphatic carbocycles. The molecule has 0 bridgehead atoms. The van der Waals surface area contributed by atoms with Gasteiger partial charge in [-0.2, -0.15) is 0 Å². The highest BCUT2D eigenvalue weighted by Gasteiger charge is 2.43. The van der Waals surface area contributed by atoms with Crippen molar-refractivity contribution in [1.29, 1.82) is 0 Å². The first-order chi connectivity index (χ1) is 23.7. The van der Waals surface area contributed by atoms with E-state index in [0.29, 0.717) is 42.3 Å². The first-order valence-corrected chi connectivity index (χ1v) is 29.6. The molecule has 8 nitrogen and oxygen atoms in total. The molecule has 0 radical (unpaired) electrons. The molecule has 1 fully saturated rings. The van der Waals surface area contributed by atoms with E-state index in [1.807, 2.05) is 26.0 Å². The van der Waals surface area contributed by atoms with E-state index in [2.05, 4.69) is 112 Å². The van der Waals surface area contributed by atoms with E-state index in [0.717, 1.165) is 12.1 Å². The zero-order valence-corrected chi connectivity index (χ0v) is 38.9. The van der Waals surface area contributed by atoms with Crippen LogP contribution in [0.2, 0.25) is 69.5 Å². The second-order valence-electron chi connectivity index (χ2n) is 19.0. The zero-order valence-electron chi connectivity index (χ0n) is 35.9. The van der Waals surface area contributed by atoms with Crippen LogP contribution in [0.3, 0.4) is 0 Å². The standard InChI is InChI=1S/C41H74O8Si3/c1-30(32(3)49-52(16,17)40(4,5)6)21-22-31(2)38-35(47-41(7,8)48-38)20-18-19-33-27-34(44-23-25-50(10,11)12)28-36(46-29-43-9)37(33)39(42)45-24-26-51(13,14)15/h18-19,21-22,27-28,30-32,35,38H,20,23-26,29H2,1-17H3/b19-18+,22-21-/t30-,31?,32+,35+,38-/m1/s1. The van der Waals surface area contributed by atoms with Crippen molar-refractivity contribution < 1.29 is 37.6 Å². The van der Waals surface area contributed by atoms with Gasteiger partial charge in [0.05, 0.1) is 25.4 Å². The SMILES string of the molecule is COCOc1cc(OCC[Si](C)(C)C)cc(/C=C/C[C@@H]2OC(C)(C)O[C@@H]2C(C)/C=C\[C@@H](C)[C@H](C)O[Si](C)(C)C(C)(C)C)c1C(=O)OCC[Si](C)(C)C. The van der Waals surface area contributed by atoms with Crippen LogP contribution in [0.15, 0.2) is 30.4 Å². The molecule has 1 aliphatic rings. The first kappa shape index (κ1) is 46.4. The van der Waals surface area contributed by atoms with Crippen molar-refractivity contribution >= 4 is 36.5 Å². The molecule has 52 heavy (non-hydrogen) atoms. The van der Waals surface area contributed by atoms with E-state index in [4.69, 9.17) is 32.8 Å². The predicted octanol–water partition coefficient (Wildman–Crippen LogP) is 11.0. The summed E-state index contributed by atoms with van der Waals surface area (Å²) in [6, 6.07) is 5.56. The van der Waals surface area contributed by atoms with Gasteiger partial charge in [-0.25, -0.2) is 4.79 Å². The summed E-state index contributed by atoms with van der Waals surface area (Å²) in [5.74, 6) is 0.245. The number of esters is 1. The van der Waals surface area contributed by atoms with Gasteiger partial charge >= 0.3 is 5.97 Å². The van der Waals surface area contributed by atoms with Gasteiger partial charge in [0.1, 0.15) is 17.1 Å². The molecule has 0 N–H and O–H groups in total. The molecule has 0 aromatic heterocycles. The van der Waals surface area contributed by atoms with Crippen molar-refractivity contribution in [3.63, 3.8) is 0 Å². The number of hydrogen-bond acceptors (Lipinski definition) is 8. The van der Waals surface area contributed by atoms with Crippen molar-refractivity contribution in [2.75, 3.05) is 27.1 Å². The van der Waals surface area contributed by atoms with Crippen molar-refractivity contribution in [3.8, 4) is 11.5 Å². The molecule has 1 aromatic carbocycles. The molecule has 5 atom stereocenters. The Bertz CT molecular complexity index is 1340. The molecule has 1 aromatic rings. The minimum atomic E-state index is -1.87. The lowest BCUT2D eigenvalue weighted by Crippen LogP contribution is -2.44. The van der Waals surface area contributed by atoms with Crippen molar-refractivity contribution in [1.82, 2.24) is 0 Å². The molecule has 0 spiro atoms. The van der Waals surface area contributed by atoms with E-state index in [1.165, 1.54) is 0 Å². The Morgan fingerprint density at radius 2 is 1.52 bits per heavy atom. The summed E-state index contributed by atoms with van der Waals surface area (Å²) < 4.78 is 42.9. The Kier molecular flexibility index (Phi) is 17.2. The number of carbonyl (C=O) groups is 1. The van der Waals surface area contributed by atoms with Crippen LogP contribution in [0.25, 0.3) is 6.08 Å². The highest BCUT2D eigenvalue weighted by Crippen LogP contribution is 2.39.